The van der Waals surface area contributed by atoms with Gasteiger partial charge in [0.15, 0.2) is 0 Å². The zero-order valence-electron chi connectivity index (χ0n) is 7.16. The lowest BCUT2D eigenvalue weighted by Gasteiger charge is -2.08. The third-order valence-electron chi connectivity index (χ3n) is 1.67. The van der Waals surface area contributed by atoms with E-state index in [2.05, 4.69) is 4.98 Å². The summed E-state index contributed by atoms with van der Waals surface area (Å²) in [5.41, 5.74) is -0.457. The Labute approximate surface area is 79.0 Å². The molecular formula is C8H8N2O4. The Bertz CT molecular complexity index is 412. The van der Waals surface area contributed by atoms with Gasteiger partial charge in [-0.2, -0.15) is 0 Å². The topological polar surface area (TPSA) is 73.6 Å². The summed E-state index contributed by atoms with van der Waals surface area (Å²) in [5, 5.41) is 8.71. The van der Waals surface area contributed by atoms with E-state index >= 15 is 0 Å². The number of aliphatic hydroxyl groups excluding tert-OH is 1. The van der Waals surface area contributed by atoms with Gasteiger partial charge in [0.2, 0.25) is 5.88 Å². The molecule has 2 heterocycles. The van der Waals surface area contributed by atoms with Crippen LogP contribution in [0.3, 0.4) is 0 Å². The molecule has 0 amide bonds. The van der Waals surface area contributed by atoms with Gasteiger partial charge in [-0.15, -0.1) is 0 Å². The second kappa shape index (κ2) is 3.51. The predicted molar refractivity (Wildman–Crippen MR) is 45.8 cm³/mol. The van der Waals surface area contributed by atoms with Crippen LogP contribution < -0.4 is 5.69 Å². The third-order valence-corrected chi connectivity index (χ3v) is 1.67. The van der Waals surface area contributed by atoms with Crippen molar-refractivity contribution in [1.29, 1.82) is 0 Å². The number of hydrogen-bond donors (Lipinski definition) is 1. The lowest BCUT2D eigenvalue weighted by Crippen LogP contribution is -2.22. The molecule has 2 rings (SSSR count). The molecule has 0 aromatic carbocycles. The molecular weight excluding hydrogens is 188 g/mol. The van der Waals surface area contributed by atoms with Gasteiger partial charge in [0.1, 0.15) is 12.9 Å². The number of hydrogen-bond acceptors (Lipinski definition) is 5. The zero-order chi connectivity index (χ0) is 9.97. The first kappa shape index (κ1) is 8.76. The third kappa shape index (κ3) is 1.47. The monoisotopic (exact) mass is 196 g/mol. The first-order valence-electron chi connectivity index (χ1n) is 3.98. The molecule has 1 aromatic heterocycles. The fraction of sp³-hybridized carbons (Fsp3) is 0.250. The van der Waals surface area contributed by atoms with Crippen LogP contribution in [0.4, 0.5) is 0 Å². The Balaban J connectivity index is 2.26. The average molecular weight is 196 g/mol. The number of aliphatic hydroxyl groups is 1. The fourth-order valence-corrected chi connectivity index (χ4v) is 1.04. The lowest BCUT2D eigenvalue weighted by molar-refractivity contribution is -0.0555. The molecule has 6 nitrogen and oxygen atoms in total. The average Bonchev–Trinajstić information content (AvgIpc) is 2.67. The van der Waals surface area contributed by atoms with Crippen molar-refractivity contribution in [2.75, 3.05) is 6.61 Å². The van der Waals surface area contributed by atoms with E-state index in [1.807, 2.05) is 0 Å². The SMILES string of the molecule is O=c1ncccn1C1=COC(CO)O1. The van der Waals surface area contributed by atoms with Crippen LogP contribution in [0, 0.1) is 0 Å². The van der Waals surface area contributed by atoms with Crippen molar-refractivity contribution >= 4 is 5.88 Å². The Morgan fingerprint density at radius 3 is 3.14 bits per heavy atom. The van der Waals surface area contributed by atoms with Gasteiger partial charge in [0.05, 0.1) is 0 Å². The van der Waals surface area contributed by atoms with Gasteiger partial charge >= 0.3 is 5.69 Å². The predicted octanol–water partition coefficient (Wildman–Crippen LogP) is -0.636. The van der Waals surface area contributed by atoms with E-state index in [1.54, 1.807) is 6.07 Å². The van der Waals surface area contributed by atoms with Gasteiger partial charge in [-0.25, -0.2) is 14.3 Å². The molecule has 0 aliphatic carbocycles. The highest BCUT2D eigenvalue weighted by atomic mass is 16.7. The van der Waals surface area contributed by atoms with Crippen LogP contribution in [0.2, 0.25) is 0 Å². The van der Waals surface area contributed by atoms with Crippen molar-refractivity contribution in [1.82, 2.24) is 9.55 Å². The molecule has 1 aliphatic rings. The Hall–Kier alpha value is -1.82. The van der Waals surface area contributed by atoms with E-state index in [-0.39, 0.29) is 12.5 Å². The highest BCUT2D eigenvalue weighted by Gasteiger charge is 2.20. The zero-order valence-corrected chi connectivity index (χ0v) is 7.16. The van der Waals surface area contributed by atoms with Gasteiger partial charge < -0.3 is 14.6 Å². The van der Waals surface area contributed by atoms with Crippen LogP contribution in [0.5, 0.6) is 0 Å². The highest BCUT2D eigenvalue weighted by Crippen LogP contribution is 2.16. The van der Waals surface area contributed by atoms with Crippen molar-refractivity contribution in [3.05, 3.63) is 35.2 Å². The molecule has 1 atom stereocenters. The maximum atomic E-state index is 11.2. The van der Waals surface area contributed by atoms with Crippen LogP contribution in [0.15, 0.2) is 29.5 Å². The molecule has 0 saturated carbocycles. The van der Waals surface area contributed by atoms with Gasteiger partial charge in [-0.05, 0) is 6.07 Å². The molecule has 1 unspecified atom stereocenters. The Kier molecular flexibility index (Phi) is 2.19. The summed E-state index contributed by atoms with van der Waals surface area (Å²) in [7, 11) is 0. The van der Waals surface area contributed by atoms with Gasteiger partial charge in [-0.3, -0.25) is 0 Å². The minimum absolute atomic E-state index is 0.224. The van der Waals surface area contributed by atoms with E-state index in [0.717, 1.165) is 0 Å². The summed E-state index contributed by atoms with van der Waals surface area (Å²) in [5.74, 6) is 0.224. The summed E-state index contributed by atoms with van der Waals surface area (Å²) in [6.45, 7) is -0.269. The van der Waals surface area contributed by atoms with Gasteiger partial charge in [0.25, 0.3) is 6.29 Å². The largest absolute Gasteiger partial charge is 0.454 e. The quantitative estimate of drug-likeness (QED) is 0.681. The summed E-state index contributed by atoms with van der Waals surface area (Å²) in [6.07, 6.45) is 3.42. The van der Waals surface area contributed by atoms with Crippen molar-refractivity contribution in [3.8, 4) is 0 Å². The Morgan fingerprint density at radius 1 is 1.64 bits per heavy atom. The minimum atomic E-state index is -0.739. The van der Waals surface area contributed by atoms with E-state index in [9.17, 15) is 4.79 Å². The molecule has 0 fully saturated rings. The molecule has 0 radical (unpaired) electrons. The van der Waals surface area contributed by atoms with Crippen molar-refractivity contribution in [2.24, 2.45) is 0 Å². The highest BCUT2D eigenvalue weighted by molar-refractivity contribution is 5.35. The normalized spacial score (nSPS) is 19.8. The molecule has 74 valence electrons. The standard InChI is InChI=1S/C8H8N2O4/c11-4-7-13-5-6(14-7)10-3-1-2-9-8(10)12/h1-3,5,7,11H,4H2. The van der Waals surface area contributed by atoms with Crippen LogP contribution in [-0.4, -0.2) is 27.6 Å². The molecule has 0 spiro atoms. The van der Waals surface area contributed by atoms with Gasteiger partial charge in [-0.1, -0.05) is 0 Å². The number of nitrogens with zero attached hydrogens (tertiary/aromatic N) is 2. The fourth-order valence-electron chi connectivity index (χ4n) is 1.04. The number of ether oxygens (including phenoxy) is 2. The second-order valence-corrected chi connectivity index (χ2v) is 2.59. The van der Waals surface area contributed by atoms with Crippen molar-refractivity contribution in [2.45, 2.75) is 6.29 Å². The lowest BCUT2D eigenvalue weighted by atomic mass is 10.6. The van der Waals surface area contributed by atoms with E-state index in [1.165, 1.54) is 23.2 Å². The van der Waals surface area contributed by atoms with Crippen LogP contribution in [0.1, 0.15) is 0 Å². The molecule has 1 aliphatic heterocycles. The van der Waals surface area contributed by atoms with Crippen molar-refractivity contribution in [3.63, 3.8) is 0 Å². The Morgan fingerprint density at radius 2 is 2.50 bits per heavy atom. The minimum Gasteiger partial charge on any atom is -0.454 e. The summed E-state index contributed by atoms with van der Waals surface area (Å²) in [4.78, 5) is 14.8. The summed E-state index contributed by atoms with van der Waals surface area (Å²) >= 11 is 0. The first-order valence-corrected chi connectivity index (χ1v) is 3.98. The second-order valence-electron chi connectivity index (χ2n) is 2.59. The maximum Gasteiger partial charge on any atom is 0.354 e. The number of aromatic nitrogens is 2. The molecule has 1 N–H and O–H groups in total. The number of rotatable bonds is 2. The molecule has 1 aromatic rings. The van der Waals surface area contributed by atoms with Crippen molar-refractivity contribution < 1.29 is 14.6 Å². The maximum absolute atomic E-state index is 11.2. The van der Waals surface area contributed by atoms with E-state index < -0.39 is 12.0 Å². The van der Waals surface area contributed by atoms with Crippen LogP contribution in [-0.2, 0) is 9.47 Å². The molecule has 14 heavy (non-hydrogen) atoms. The molecule has 0 bridgehead atoms. The van der Waals surface area contributed by atoms with E-state index in [0.29, 0.717) is 0 Å². The summed E-state index contributed by atoms with van der Waals surface area (Å²) < 4.78 is 11.2. The van der Waals surface area contributed by atoms with Crippen LogP contribution in [0.25, 0.3) is 5.88 Å². The first-order chi connectivity index (χ1) is 6.81. The van der Waals surface area contributed by atoms with E-state index in [4.69, 9.17) is 14.6 Å². The molecule has 0 saturated heterocycles. The molecule has 6 heteroatoms. The van der Waals surface area contributed by atoms with Gasteiger partial charge in [0, 0.05) is 12.4 Å². The van der Waals surface area contributed by atoms with Crippen LogP contribution >= 0.6 is 0 Å². The summed E-state index contributed by atoms with van der Waals surface area (Å²) in [6, 6.07) is 1.60. The smallest absolute Gasteiger partial charge is 0.354 e.